The van der Waals surface area contributed by atoms with E-state index in [1.807, 2.05) is 44.2 Å². The van der Waals surface area contributed by atoms with Gasteiger partial charge in [0, 0.05) is 38.1 Å². The first-order valence-electron chi connectivity index (χ1n) is 13.3. The minimum atomic E-state index is -4.29. The Kier molecular flexibility index (Phi) is 11.3. The smallest absolute Gasteiger partial charge is 0.304 e. The number of carbonyl (C=O) groups excluding carboxylic acids is 2. The number of hydrogen-bond acceptors (Lipinski definition) is 4. The number of anilines is 1. The van der Waals surface area contributed by atoms with Crippen molar-refractivity contribution in [3.8, 4) is 0 Å². The van der Waals surface area contributed by atoms with Gasteiger partial charge in [-0.1, -0.05) is 73.1 Å². The van der Waals surface area contributed by atoms with E-state index in [9.17, 15) is 22.4 Å². The lowest BCUT2D eigenvalue weighted by Gasteiger charge is -2.35. The van der Waals surface area contributed by atoms with Crippen LogP contribution in [0, 0.1) is 5.82 Å². The Morgan fingerprint density at radius 1 is 0.951 bits per heavy atom. The maximum atomic E-state index is 14.9. The molecule has 3 aromatic rings. The SMILES string of the molecule is CC[C@H](C)NC(=O)[C@@H](Cc1ccccc1)N(Cc1cccc(Cl)c1)C(=O)CN(c1ccccc1F)S(=O)(=O)N(C)C. The van der Waals surface area contributed by atoms with Crippen LogP contribution in [0.2, 0.25) is 5.02 Å². The molecule has 0 spiro atoms. The predicted octanol–water partition coefficient (Wildman–Crippen LogP) is 4.65. The van der Waals surface area contributed by atoms with E-state index in [2.05, 4.69) is 5.32 Å². The summed E-state index contributed by atoms with van der Waals surface area (Å²) in [6.45, 7) is 3.04. The zero-order valence-electron chi connectivity index (χ0n) is 23.6. The van der Waals surface area contributed by atoms with Gasteiger partial charge in [-0.3, -0.25) is 9.59 Å². The Morgan fingerprint density at radius 3 is 2.20 bits per heavy atom. The van der Waals surface area contributed by atoms with E-state index >= 15 is 0 Å². The van der Waals surface area contributed by atoms with E-state index in [0.29, 0.717) is 17.0 Å². The topological polar surface area (TPSA) is 90.0 Å². The molecule has 220 valence electrons. The number of halogens is 2. The standard InChI is InChI=1S/C30H36ClFN4O4S/c1-5-22(2)33-30(38)28(19-23-12-7-6-8-13-23)35(20-24-14-11-15-25(31)18-24)29(37)21-36(41(39,40)34(3)4)27-17-10-9-16-26(27)32/h6-18,22,28H,5,19-21H2,1-4H3,(H,33,38)/t22-,28+/m0/s1. The van der Waals surface area contributed by atoms with Gasteiger partial charge in [0.2, 0.25) is 11.8 Å². The highest BCUT2D eigenvalue weighted by atomic mass is 35.5. The van der Waals surface area contributed by atoms with E-state index in [-0.39, 0.29) is 30.6 Å². The second-order valence-corrected chi connectivity index (χ2v) is 12.4. The van der Waals surface area contributed by atoms with E-state index in [1.54, 1.807) is 24.3 Å². The molecule has 2 atom stereocenters. The van der Waals surface area contributed by atoms with Crippen LogP contribution >= 0.6 is 11.6 Å². The van der Waals surface area contributed by atoms with Gasteiger partial charge in [0.05, 0.1) is 5.69 Å². The first-order valence-corrected chi connectivity index (χ1v) is 15.0. The van der Waals surface area contributed by atoms with Gasteiger partial charge in [0.15, 0.2) is 0 Å². The number of rotatable bonds is 13. The third-order valence-corrected chi connectivity index (χ3v) is 8.69. The molecular formula is C30H36ClFN4O4S. The average molecular weight is 603 g/mol. The largest absolute Gasteiger partial charge is 0.352 e. The molecule has 0 aliphatic rings. The lowest BCUT2D eigenvalue weighted by Crippen LogP contribution is -2.55. The summed E-state index contributed by atoms with van der Waals surface area (Å²) in [4.78, 5) is 29.2. The number of nitrogens with zero attached hydrogens (tertiary/aromatic N) is 3. The monoisotopic (exact) mass is 602 g/mol. The highest BCUT2D eigenvalue weighted by Gasteiger charge is 2.35. The van der Waals surface area contributed by atoms with Crippen LogP contribution in [0.15, 0.2) is 78.9 Å². The molecular weight excluding hydrogens is 567 g/mol. The number of hydrogen-bond donors (Lipinski definition) is 1. The summed E-state index contributed by atoms with van der Waals surface area (Å²) in [5, 5.41) is 3.41. The van der Waals surface area contributed by atoms with Crippen LogP contribution in [0.1, 0.15) is 31.4 Å². The molecule has 0 heterocycles. The number of nitrogens with one attached hydrogen (secondary N) is 1. The number of carbonyl (C=O) groups is 2. The number of para-hydroxylation sites is 1. The lowest BCUT2D eigenvalue weighted by molar-refractivity contribution is -0.140. The van der Waals surface area contributed by atoms with Crippen LogP contribution in [0.5, 0.6) is 0 Å². The average Bonchev–Trinajstić information content (AvgIpc) is 2.94. The summed E-state index contributed by atoms with van der Waals surface area (Å²) in [6.07, 6.45) is 0.851. The van der Waals surface area contributed by atoms with Crippen molar-refractivity contribution >= 4 is 39.3 Å². The Bertz CT molecular complexity index is 1440. The quantitative estimate of drug-likeness (QED) is 0.308. The molecule has 0 saturated carbocycles. The Balaban J connectivity index is 2.11. The van der Waals surface area contributed by atoms with Crippen LogP contribution in [0.25, 0.3) is 0 Å². The second-order valence-electron chi connectivity index (χ2n) is 9.92. The molecule has 0 aliphatic carbocycles. The van der Waals surface area contributed by atoms with Crippen molar-refractivity contribution in [3.05, 3.63) is 101 Å². The first-order chi connectivity index (χ1) is 19.4. The van der Waals surface area contributed by atoms with E-state index in [1.165, 1.54) is 37.2 Å². The molecule has 3 rings (SSSR count). The second kappa shape index (κ2) is 14.4. The molecule has 0 aliphatic heterocycles. The van der Waals surface area contributed by atoms with Crippen molar-refractivity contribution in [3.63, 3.8) is 0 Å². The summed E-state index contributed by atoms with van der Waals surface area (Å²) in [7, 11) is -1.69. The fraction of sp³-hybridized carbons (Fsp3) is 0.333. The van der Waals surface area contributed by atoms with Gasteiger partial charge in [0.1, 0.15) is 18.4 Å². The van der Waals surface area contributed by atoms with Crippen LogP contribution in [-0.2, 0) is 32.8 Å². The van der Waals surface area contributed by atoms with Gasteiger partial charge in [0.25, 0.3) is 0 Å². The third-order valence-electron chi connectivity index (χ3n) is 6.65. The van der Waals surface area contributed by atoms with Gasteiger partial charge in [-0.25, -0.2) is 8.70 Å². The fourth-order valence-corrected chi connectivity index (χ4v) is 5.46. The molecule has 8 nitrogen and oxygen atoms in total. The molecule has 0 aromatic heterocycles. The summed E-state index contributed by atoms with van der Waals surface area (Å²) in [6, 6.07) is 20.3. The van der Waals surface area contributed by atoms with Crippen LogP contribution < -0.4 is 9.62 Å². The number of benzene rings is 3. The number of amides is 2. The Morgan fingerprint density at radius 2 is 1.59 bits per heavy atom. The fourth-order valence-electron chi connectivity index (χ4n) is 4.18. The minimum Gasteiger partial charge on any atom is -0.352 e. The van der Waals surface area contributed by atoms with E-state index in [0.717, 1.165) is 20.2 Å². The van der Waals surface area contributed by atoms with Crippen molar-refractivity contribution in [1.82, 2.24) is 14.5 Å². The lowest BCUT2D eigenvalue weighted by atomic mass is 10.0. The van der Waals surface area contributed by atoms with Crippen molar-refractivity contribution < 1.29 is 22.4 Å². The van der Waals surface area contributed by atoms with Crippen LogP contribution in [0.4, 0.5) is 10.1 Å². The third kappa shape index (κ3) is 8.51. The molecule has 0 fully saturated rings. The molecule has 0 radical (unpaired) electrons. The Hall–Kier alpha value is -3.47. The minimum absolute atomic E-state index is 0.0298. The normalized spacial score (nSPS) is 13.0. The summed E-state index contributed by atoms with van der Waals surface area (Å²) in [5.41, 5.74) is 1.18. The molecule has 11 heteroatoms. The first kappa shape index (κ1) is 32.0. The van der Waals surface area contributed by atoms with Gasteiger partial charge >= 0.3 is 10.2 Å². The van der Waals surface area contributed by atoms with Gasteiger partial charge in [-0.05, 0) is 48.7 Å². The molecule has 2 amide bonds. The van der Waals surface area contributed by atoms with Crippen molar-refractivity contribution in [1.29, 1.82) is 0 Å². The van der Waals surface area contributed by atoms with Crippen molar-refractivity contribution in [2.24, 2.45) is 0 Å². The van der Waals surface area contributed by atoms with Gasteiger partial charge in [-0.2, -0.15) is 12.7 Å². The highest BCUT2D eigenvalue weighted by molar-refractivity contribution is 7.90. The van der Waals surface area contributed by atoms with Crippen LogP contribution in [0.3, 0.4) is 0 Å². The summed E-state index contributed by atoms with van der Waals surface area (Å²) in [5.74, 6) is -1.87. The zero-order chi connectivity index (χ0) is 30.2. The van der Waals surface area contributed by atoms with Crippen molar-refractivity contribution in [2.75, 3.05) is 24.9 Å². The summed E-state index contributed by atoms with van der Waals surface area (Å²) >= 11 is 6.23. The molecule has 0 saturated heterocycles. The van der Waals surface area contributed by atoms with E-state index in [4.69, 9.17) is 11.6 Å². The van der Waals surface area contributed by atoms with Gasteiger partial charge < -0.3 is 10.2 Å². The van der Waals surface area contributed by atoms with Crippen molar-refractivity contribution in [2.45, 2.75) is 45.3 Å². The molecule has 3 aromatic carbocycles. The Labute approximate surface area is 246 Å². The molecule has 1 N–H and O–H groups in total. The van der Waals surface area contributed by atoms with Gasteiger partial charge in [-0.15, -0.1) is 0 Å². The maximum Gasteiger partial charge on any atom is 0.304 e. The molecule has 41 heavy (non-hydrogen) atoms. The maximum absolute atomic E-state index is 14.9. The zero-order valence-corrected chi connectivity index (χ0v) is 25.2. The van der Waals surface area contributed by atoms with Crippen LogP contribution in [-0.4, -0.2) is 62.2 Å². The molecule has 0 bridgehead atoms. The predicted molar refractivity (Wildman–Crippen MR) is 160 cm³/mol. The molecule has 0 unspecified atom stereocenters. The van der Waals surface area contributed by atoms with E-state index < -0.39 is 34.5 Å². The summed E-state index contributed by atoms with van der Waals surface area (Å²) < 4.78 is 43.2. The highest BCUT2D eigenvalue weighted by Crippen LogP contribution is 2.25.